The largest absolute Gasteiger partial charge is 0.496 e. The molecule has 0 saturated carbocycles. The van der Waals surface area contributed by atoms with Gasteiger partial charge in [-0.25, -0.2) is 4.39 Å². The van der Waals surface area contributed by atoms with Gasteiger partial charge in [0.1, 0.15) is 11.6 Å². The van der Waals surface area contributed by atoms with Crippen LogP contribution in [0, 0.1) is 5.82 Å². The highest BCUT2D eigenvalue weighted by Crippen LogP contribution is 2.30. The molecule has 0 spiro atoms. The van der Waals surface area contributed by atoms with Crippen LogP contribution in [-0.2, 0) is 6.42 Å². The van der Waals surface area contributed by atoms with Crippen molar-refractivity contribution >= 4 is 0 Å². The van der Waals surface area contributed by atoms with Gasteiger partial charge in [0.15, 0.2) is 0 Å². The molecule has 0 fully saturated rings. The summed E-state index contributed by atoms with van der Waals surface area (Å²) in [6, 6.07) is 12.2. The number of aryl methyl sites for hydroxylation is 1. The summed E-state index contributed by atoms with van der Waals surface area (Å²) in [5, 5.41) is 0. The van der Waals surface area contributed by atoms with Crippen molar-refractivity contribution in [3.8, 4) is 5.75 Å². The van der Waals surface area contributed by atoms with E-state index >= 15 is 0 Å². The zero-order chi connectivity index (χ0) is 14.5. The summed E-state index contributed by atoms with van der Waals surface area (Å²) >= 11 is 0. The number of ether oxygens (including phenoxy) is 1. The van der Waals surface area contributed by atoms with Crippen LogP contribution in [0.15, 0.2) is 42.5 Å². The van der Waals surface area contributed by atoms with Crippen LogP contribution in [-0.4, -0.2) is 7.11 Å². The molecule has 0 amide bonds. The van der Waals surface area contributed by atoms with Gasteiger partial charge in [-0.2, -0.15) is 0 Å². The molecule has 1 atom stereocenters. The lowest BCUT2D eigenvalue weighted by Crippen LogP contribution is -2.15. The van der Waals surface area contributed by atoms with Crippen molar-refractivity contribution in [2.45, 2.75) is 25.8 Å². The summed E-state index contributed by atoms with van der Waals surface area (Å²) in [7, 11) is 1.52. The number of halogens is 1. The normalized spacial score (nSPS) is 12.2. The van der Waals surface area contributed by atoms with E-state index in [0.29, 0.717) is 11.3 Å². The quantitative estimate of drug-likeness (QED) is 0.898. The highest BCUT2D eigenvalue weighted by atomic mass is 19.1. The van der Waals surface area contributed by atoms with E-state index in [9.17, 15) is 4.39 Å². The molecule has 0 saturated heterocycles. The predicted octanol–water partition coefficient (Wildman–Crippen LogP) is 3.83. The monoisotopic (exact) mass is 273 g/mol. The van der Waals surface area contributed by atoms with Crippen molar-refractivity contribution < 1.29 is 9.13 Å². The number of benzene rings is 2. The standard InChI is InChI=1S/C17H20FNO/c1-3-5-12-8-10-13(11-9-12)17(19)16-14(18)6-4-7-15(16)20-2/h4,6-11,17H,3,5,19H2,1-2H3. The highest BCUT2D eigenvalue weighted by Gasteiger charge is 2.18. The van der Waals surface area contributed by atoms with Crippen LogP contribution in [0.25, 0.3) is 0 Å². The molecule has 2 nitrogen and oxygen atoms in total. The molecule has 0 bridgehead atoms. The third kappa shape index (κ3) is 2.99. The second-order valence-corrected chi connectivity index (χ2v) is 4.83. The topological polar surface area (TPSA) is 35.2 Å². The van der Waals surface area contributed by atoms with Gasteiger partial charge >= 0.3 is 0 Å². The van der Waals surface area contributed by atoms with Gasteiger partial charge in [0.2, 0.25) is 0 Å². The Balaban J connectivity index is 2.33. The SMILES string of the molecule is CCCc1ccc(C(N)c2c(F)cccc2OC)cc1. The average molecular weight is 273 g/mol. The summed E-state index contributed by atoms with van der Waals surface area (Å²) in [5.74, 6) is 0.143. The van der Waals surface area contributed by atoms with Crippen LogP contribution in [0.2, 0.25) is 0 Å². The van der Waals surface area contributed by atoms with Gasteiger partial charge in [-0.1, -0.05) is 43.7 Å². The second-order valence-electron chi connectivity index (χ2n) is 4.83. The molecule has 2 aromatic carbocycles. The van der Waals surface area contributed by atoms with Crippen LogP contribution in [0.1, 0.15) is 36.1 Å². The molecule has 2 rings (SSSR count). The molecule has 106 valence electrons. The van der Waals surface area contributed by atoms with Crippen molar-refractivity contribution in [3.05, 3.63) is 65.0 Å². The van der Waals surface area contributed by atoms with Gasteiger partial charge in [-0.05, 0) is 29.7 Å². The Morgan fingerprint density at radius 1 is 1.15 bits per heavy atom. The molecule has 3 heteroatoms. The lowest BCUT2D eigenvalue weighted by atomic mass is 9.96. The fraction of sp³-hybridized carbons (Fsp3) is 0.294. The first-order chi connectivity index (χ1) is 9.67. The molecule has 0 heterocycles. The smallest absolute Gasteiger partial charge is 0.132 e. The van der Waals surface area contributed by atoms with Crippen molar-refractivity contribution in [2.24, 2.45) is 5.73 Å². The molecular weight excluding hydrogens is 253 g/mol. The van der Waals surface area contributed by atoms with Crippen molar-refractivity contribution in [1.82, 2.24) is 0 Å². The van der Waals surface area contributed by atoms with E-state index < -0.39 is 6.04 Å². The predicted molar refractivity (Wildman–Crippen MR) is 79.4 cm³/mol. The Kier molecular flexibility index (Phi) is 4.74. The van der Waals surface area contributed by atoms with Gasteiger partial charge < -0.3 is 10.5 Å². The summed E-state index contributed by atoms with van der Waals surface area (Å²) < 4.78 is 19.2. The van der Waals surface area contributed by atoms with Gasteiger partial charge in [-0.3, -0.25) is 0 Å². The fourth-order valence-corrected chi connectivity index (χ4v) is 2.34. The van der Waals surface area contributed by atoms with Crippen LogP contribution in [0.5, 0.6) is 5.75 Å². The Morgan fingerprint density at radius 3 is 2.45 bits per heavy atom. The number of rotatable bonds is 5. The van der Waals surface area contributed by atoms with Gasteiger partial charge in [0, 0.05) is 0 Å². The zero-order valence-electron chi connectivity index (χ0n) is 11.9. The molecule has 0 radical (unpaired) electrons. The van der Waals surface area contributed by atoms with Gasteiger partial charge in [0.25, 0.3) is 0 Å². The molecule has 2 aromatic rings. The van der Waals surface area contributed by atoms with Gasteiger partial charge in [-0.15, -0.1) is 0 Å². The third-order valence-corrected chi connectivity index (χ3v) is 3.42. The minimum atomic E-state index is -0.526. The molecule has 0 aliphatic heterocycles. The first kappa shape index (κ1) is 14.5. The molecule has 0 aromatic heterocycles. The van der Waals surface area contributed by atoms with Crippen LogP contribution in [0.4, 0.5) is 4.39 Å². The van der Waals surface area contributed by atoms with E-state index in [-0.39, 0.29) is 5.82 Å². The molecule has 1 unspecified atom stereocenters. The van der Waals surface area contributed by atoms with E-state index in [1.807, 2.05) is 24.3 Å². The summed E-state index contributed by atoms with van der Waals surface area (Å²) in [6.45, 7) is 2.14. The lowest BCUT2D eigenvalue weighted by Gasteiger charge is -2.17. The van der Waals surface area contributed by atoms with E-state index in [0.717, 1.165) is 18.4 Å². The Morgan fingerprint density at radius 2 is 1.85 bits per heavy atom. The molecule has 20 heavy (non-hydrogen) atoms. The lowest BCUT2D eigenvalue weighted by molar-refractivity contribution is 0.402. The van der Waals surface area contributed by atoms with Crippen LogP contribution < -0.4 is 10.5 Å². The maximum Gasteiger partial charge on any atom is 0.132 e. The van der Waals surface area contributed by atoms with E-state index in [4.69, 9.17) is 10.5 Å². The van der Waals surface area contributed by atoms with Crippen molar-refractivity contribution in [1.29, 1.82) is 0 Å². The summed E-state index contributed by atoms with van der Waals surface area (Å²) in [6.07, 6.45) is 2.14. The zero-order valence-corrected chi connectivity index (χ0v) is 11.9. The first-order valence-electron chi connectivity index (χ1n) is 6.84. The molecule has 0 aliphatic rings. The average Bonchev–Trinajstić information content (AvgIpc) is 2.47. The maximum absolute atomic E-state index is 14.0. The van der Waals surface area contributed by atoms with E-state index in [1.165, 1.54) is 18.7 Å². The minimum absolute atomic E-state index is 0.338. The number of hydrogen-bond donors (Lipinski definition) is 1. The van der Waals surface area contributed by atoms with Crippen LogP contribution >= 0.6 is 0 Å². The molecule has 0 aliphatic carbocycles. The second kappa shape index (κ2) is 6.53. The summed E-state index contributed by atoms with van der Waals surface area (Å²) in [4.78, 5) is 0. The maximum atomic E-state index is 14.0. The van der Waals surface area contributed by atoms with Gasteiger partial charge in [0.05, 0.1) is 18.7 Å². The Hall–Kier alpha value is -1.87. The number of hydrogen-bond acceptors (Lipinski definition) is 2. The molecular formula is C17H20FNO. The fourth-order valence-electron chi connectivity index (χ4n) is 2.34. The Labute approximate surface area is 119 Å². The number of methoxy groups -OCH3 is 1. The number of nitrogens with two attached hydrogens (primary N) is 1. The van der Waals surface area contributed by atoms with Crippen LogP contribution in [0.3, 0.4) is 0 Å². The van der Waals surface area contributed by atoms with E-state index in [1.54, 1.807) is 12.1 Å². The first-order valence-corrected chi connectivity index (χ1v) is 6.84. The third-order valence-electron chi connectivity index (χ3n) is 3.42. The van der Waals surface area contributed by atoms with E-state index in [2.05, 4.69) is 6.92 Å². The van der Waals surface area contributed by atoms with Crippen molar-refractivity contribution in [2.75, 3.05) is 7.11 Å². The van der Waals surface area contributed by atoms with Crippen molar-refractivity contribution in [3.63, 3.8) is 0 Å². The Bertz CT molecular complexity index is 566. The molecule has 2 N–H and O–H groups in total. The minimum Gasteiger partial charge on any atom is -0.496 e. The summed E-state index contributed by atoms with van der Waals surface area (Å²) in [5.41, 5.74) is 8.75. The highest BCUT2D eigenvalue weighted by molar-refractivity contribution is 5.42.